The molecule has 0 aromatic rings. The predicted molar refractivity (Wildman–Crippen MR) is 71.6 cm³/mol. The Morgan fingerprint density at radius 2 is 1.82 bits per heavy atom. The fourth-order valence-electron chi connectivity index (χ4n) is 1.78. The molecule has 0 saturated heterocycles. The summed E-state index contributed by atoms with van der Waals surface area (Å²) in [5, 5.41) is 9.33. The smallest absolute Gasteiger partial charge is 0.122 e. The maximum Gasteiger partial charge on any atom is 0.122 e. The summed E-state index contributed by atoms with van der Waals surface area (Å²) in [6, 6.07) is 0. The first kappa shape index (κ1) is 14.0. The van der Waals surface area contributed by atoms with Crippen LogP contribution in [0.2, 0.25) is 0 Å². The maximum atomic E-state index is 9.33. The van der Waals surface area contributed by atoms with Gasteiger partial charge in [0.25, 0.3) is 0 Å². The Bertz CT molecular complexity index is 346. The van der Waals surface area contributed by atoms with Gasteiger partial charge in [0.2, 0.25) is 0 Å². The molecule has 0 fully saturated rings. The van der Waals surface area contributed by atoms with E-state index >= 15 is 0 Å². The minimum atomic E-state index is -0.326. The van der Waals surface area contributed by atoms with Crippen molar-refractivity contribution in [1.82, 2.24) is 0 Å². The van der Waals surface area contributed by atoms with Crippen molar-refractivity contribution in [1.29, 1.82) is 0 Å². The van der Waals surface area contributed by atoms with Gasteiger partial charge in [-0.25, -0.2) is 0 Å². The Labute approximate surface area is 105 Å². The molecule has 0 spiro atoms. The zero-order valence-electron chi connectivity index (χ0n) is 11.5. The second-order valence-corrected chi connectivity index (χ2v) is 5.55. The fraction of sp³-hybridized carbons (Fsp3) is 0.600. The van der Waals surface area contributed by atoms with Crippen molar-refractivity contribution in [3.05, 3.63) is 35.6 Å². The Morgan fingerprint density at radius 3 is 2.41 bits per heavy atom. The van der Waals surface area contributed by atoms with Crippen LogP contribution >= 0.6 is 0 Å². The third-order valence-electron chi connectivity index (χ3n) is 2.82. The molecule has 0 bridgehead atoms. The average molecular weight is 236 g/mol. The van der Waals surface area contributed by atoms with Crippen molar-refractivity contribution >= 4 is 0 Å². The summed E-state index contributed by atoms with van der Waals surface area (Å²) in [4.78, 5) is 0. The number of rotatable bonds is 4. The van der Waals surface area contributed by atoms with Crippen molar-refractivity contribution < 1.29 is 9.84 Å². The Balaban J connectivity index is 2.74. The second-order valence-electron chi connectivity index (χ2n) is 5.55. The van der Waals surface area contributed by atoms with Crippen molar-refractivity contribution in [2.75, 3.05) is 0 Å². The molecular weight excluding hydrogens is 212 g/mol. The monoisotopic (exact) mass is 236 g/mol. The van der Waals surface area contributed by atoms with E-state index in [-0.39, 0.29) is 17.6 Å². The minimum Gasteiger partial charge on any atom is -0.490 e. The van der Waals surface area contributed by atoms with Crippen LogP contribution < -0.4 is 0 Å². The Hall–Kier alpha value is -1.02. The topological polar surface area (TPSA) is 29.5 Å². The molecule has 0 heterocycles. The van der Waals surface area contributed by atoms with E-state index in [2.05, 4.69) is 32.1 Å². The number of allylic oxidation sites excluding steroid dienone is 5. The lowest BCUT2D eigenvalue weighted by molar-refractivity contribution is 0.0763. The summed E-state index contributed by atoms with van der Waals surface area (Å²) in [5.74, 6) is 0.903. The maximum absolute atomic E-state index is 9.33. The summed E-state index contributed by atoms with van der Waals surface area (Å²) in [6.07, 6.45) is 8.81. The molecule has 0 aromatic carbocycles. The molecule has 0 amide bonds. The first-order valence-corrected chi connectivity index (χ1v) is 6.24. The average Bonchev–Trinajstić information content (AvgIpc) is 2.30. The van der Waals surface area contributed by atoms with E-state index in [1.54, 1.807) is 6.92 Å². The van der Waals surface area contributed by atoms with Crippen molar-refractivity contribution in [2.24, 2.45) is 5.41 Å². The number of hydrogen-bond donors (Lipinski definition) is 1. The quantitative estimate of drug-likeness (QED) is 0.808. The van der Waals surface area contributed by atoms with Crippen LogP contribution in [-0.4, -0.2) is 17.3 Å². The number of ether oxygens (including phenoxy) is 1. The molecule has 0 aliphatic heterocycles. The van der Waals surface area contributed by atoms with E-state index in [1.807, 2.05) is 19.9 Å². The molecular formula is C15H24O2. The van der Waals surface area contributed by atoms with Gasteiger partial charge in [0.15, 0.2) is 0 Å². The third-order valence-corrected chi connectivity index (χ3v) is 2.82. The molecule has 0 aromatic heterocycles. The summed E-state index contributed by atoms with van der Waals surface area (Å²) in [7, 11) is 0. The molecule has 17 heavy (non-hydrogen) atoms. The lowest BCUT2D eigenvalue weighted by atomic mass is 9.93. The molecule has 0 unspecified atom stereocenters. The summed E-state index contributed by atoms with van der Waals surface area (Å²) in [5.41, 5.74) is 1.20. The summed E-state index contributed by atoms with van der Waals surface area (Å²) < 4.78 is 5.87. The van der Waals surface area contributed by atoms with Crippen LogP contribution in [0, 0.1) is 5.41 Å². The predicted octanol–water partition coefficient (Wildman–Crippen LogP) is 3.59. The van der Waals surface area contributed by atoms with Crippen molar-refractivity contribution in [3.8, 4) is 0 Å². The highest BCUT2D eigenvalue weighted by atomic mass is 16.5. The molecule has 1 rings (SSSR count). The van der Waals surface area contributed by atoms with Gasteiger partial charge in [-0.1, -0.05) is 32.1 Å². The van der Waals surface area contributed by atoms with Gasteiger partial charge < -0.3 is 9.84 Å². The lowest BCUT2D eigenvalue weighted by Gasteiger charge is -2.18. The van der Waals surface area contributed by atoms with Crippen molar-refractivity contribution in [2.45, 2.75) is 53.2 Å². The molecule has 0 radical (unpaired) electrons. The number of aliphatic hydroxyl groups is 1. The van der Waals surface area contributed by atoms with Gasteiger partial charge >= 0.3 is 0 Å². The summed E-state index contributed by atoms with van der Waals surface area (Å²) >= 11 is 0. The van der Waals surface area contributed by atoms with E-state index in [0.717, 1.165) is 11.3 Å². The lowest BCUT2D eigenvalue weighted by Crippen LogP contribution is -2.15. The van der Waals surface area contributed by atoms with Crippen LogP contribution in [0.5, 0.6) is 0 Å². The summed E-state index contributed by atoms with van der Waals surface area (Å²) in [6.45, 7) is 10.1. The van der Waals surface area contributed by atoms with Crippen LogP contribution in [0.1, 0.15) is 41.0 Å². The van der Waals surface area contributed by atoms with E-state index in [9.17, 15) is 5.11 Å². The number of hydrogen-bond acceptors (Lipinski definition) is 2. The standard InChI is InChI=1S/C15H24O2/c1-11-6-8-15(4,5)9-7-14(11)17-13(3)10-12(2)16/h6-9,12-13,16H,10H2,1-5H3/t12-,13-/m1/s1. The highest BCUT2D eigenvalue weighted by Gasteiger charge is 2.15. The SMILES string of the molecule is CC1=C(O[C@H](C)C[C@@H](C)O)C=CC(C)(C)C=C1. The van der Waals surface area contributed by atoms with Crippen LogP contribution in [0.4, 0.5) is 0 Å². The van der Waals surface area contributed by atoms with E-state index < -0.39 is 0 Å². The first-order valence-electron chi connectivity index (χ1n) is 6.24. The molecule has 2 atom stereocenters. The number of aliphatic hydroxyl groups excluding tert-OH is 1. The van der Waals surface area contributed by atoms with Gasteiger partial charge in [-0.15, -0.1) is 0 Å². The zero-order chi connectivity index (χ0) is 13.1. The Kier molecular flexibility index (Phi) is 4.58. The van der Waals surface area contributed by atoms with Gasteiger partial charge in [0.1, 0.15) is 5.76 Å². The second kappa shape index (κ2) is 5.54. The van der Waals surface area contributed by atoms with Gasteiger partial charge in [-0.3, -0.25) is 0 Å². The molecule has 2 nitrogen and oxygen atoms in total. The van der Waals surface area contributed by atoms with Crippen LogP contribution in [0.15, 0.2) is 35.6 Å². The van der Waals surface area contributed by atoms with Crippen LogP contribution in [0.25, 0.3) is 0 Å². The minimum absolute atomic E-state index is 0.0270. The molecule has 0 saturated carbocycles. The van der Waals surface area contributed by atoms with Gasteiger partial charge in [0, 0.05) is 11.8 Å². The zero-order valence-corrected chi connectivity index (χ0v) is 11.5. The normalized spacial score (nSPS) is 22.2. The van der Waals surface area contributed by atoms with E-state index in [4.69, 9.17) is 4.74 Å². The molecule has 1 N–H and O–H groups in total. The van der Waals surface area contributed by atoms with E-state index in [1.165, 1.54) is 0 Å². The highest BCUT2D eigenvalue weighted by molar-refractivity contribution is 5.33. The fourth-order valence-corrected chi connectivity index (χ4v) is 1.78. The van der Waals surface area contributed by atoms with Gasteiger partial charge in [0.05, 0.1) is 12.2 Å². The van der Waals surface area contributed by atoms with Gasteiger partial charge in [-0.05, 0) is 32.4 Å². The third kappa shape index (κ3) is 4.78. The highest BCUT2D eigenvalue weighted by Crippen LogP contribution is 2.26. The first-order chi connectivity index (χ1) is 7.80. The molecule has 1 aliphatic rings. The molecule has 96 valence electrons. The van der Waals surface area contributed by atoms with Crippen LogP contribution in [0.3, 0.4) is 0 Å². The molecule has 2 heteroatoms. The van der Waals surface area contributed by atoms with Gasteiger partial charge in [-0.2, -0.15) is 0 Å². The van der Waals surface area contributed by atoms with Crippen LogP contribution in [-0.2, 0) is 4.74 Å². The largest absolute Gasteiger partial charge is 0.490 e. The Morgan fingerprint density at radius 1 is 1.24 bits per heavy atom. The van der Waals surface area contributed by atoms with E-state index in [0.29, 0.717) is 6.42 Å². The van der Waals surface area contributed by atoms with Crippen molar-refractivity contribution in [3.63, 3.8) is 0 Å². The molecule has 1 aliphatic carbocycles.